The molecule has 0 unspecified atom stereocenters. The van der Waals surface area contributed by atoms with Gasteiger partial charge in [0.05, 0.1) is 5.75 Å². The number of carbonyl (C=O) groups is 1. The van der Waals surface area contributed by atoms with Crippen LogP contribution in [0.4, 0.5) is 5.69 Å². The van der Waals surface area contributed by atoms with Crippen molar-refractivity contribution in [2.45, 2.75) is 42.9 Å². The van der Waals surface area contributed by atoms with Crippen molar-refractivity contribution in [3.05, 3.63) is 59.2 Å². The number of carbonyl (C=O) groups excluding carboxylic acids is 1. The normalized spacial score (nSPS) is 10.7. The highest BCUT2D eigenvalue weighted by atomic mass is 32.2. The van der Waals surface area contributed by atoms with E-state index in [1.807, 2.05) is 64.1 Å². The van der Waals surface area contributed by atoms with E-state index < -0.39 is 0 Å². The number of aryl methyl sites for hydroxylation is 4. The monoisotopic (exact) mass is 411 g/mol. The first-order valence-corrected chi connectivity index (χ1v) is 10.5. The first-order chi connectivity index (χ1) is 13.4. The fourth-order valence-electron chi connectivity index (χ4n) is 2.54. The van der Waals surface area contributed by atoms with E-state index in [0.717, 1.165) is 38.5 Å². The number of nitrogens with zero attached hydrogens (tertiary/aromatic N) is 4. The predicted octanol–water partition coefficient (Wildman–Crippen LogP) is 4.38. The van der Waals surface area contributed by atoms with Gasteiger partial charge >= 0.3 is 0 Å². The first-order valence-electron chi connectivity index (χ1n) is 8.72. The molecule has 3 aromatic rings. The Morgan fingerprint density at radius 3 is 1.86 bits per heavy atom. The molecule has 0 bridgehead atoms. The van der Waals surface area contributed by atoms with E-state index in [1.165, 1.54) is 23.5 Å². The Balaban J connectivity index is 1.55. The van der Waals surface area contributed by atoms with Gasteiger partial charge in [-0.15, -0.1) is 0 Å². The number of rotatable bonds is 6. The third-order valence-corrected chi connectivity index (χ3v) is 5.32. The SMILES string of the molecule is Cc1cc(C)nc(SCC(=O)Nc2ccc(Sc3nc(C)cc(C)n3)cc2)n1. The van der Waals surface area contributed by atoms with Crippen molar-refractivity contribution in [1.29, 1.82) is 0 Å². The maximum atomic E-state index is 12.2. The number of aromatic nitrogens is 4. The Morgan fingerprint density at radius 1 is 0.821 bits per heavy atom. The molecule has 1 N–H and O–H groups in total. The van der Waals surface area contributed by atoms with Crippen molar-refractivity contribution in [2.75, 3.05) is 11.1 Å². The van der Waals surface area contributed by atoms with Crippen LogP contribution in [-0.2, 0) is 4.79 Å². The van der Waals surface area contributed by atoms with Gasteiger partial charge in [-0.1, -0.05) is 11.8 Å². The summed E-state index contributed by atoms with van der Waals surface area (Å²) < 4.78 is 0. The van der Waals surface area contributed by atoms with Crippen LogP contribution in [0.1, 0.15) is 22.8 Å². The molecule has 0 saturated heterocycles. The van der Waals surface area contributed by atoms with Crippen molar-refractivity contribution in [3.8, 4) is 0 Å². The summed E-state index contributed by atoms with van der Waals surface area (Å²) in [4.78, 5) is 30.7. The van der Waals surface area contributed by atoms with Crippen molar-refractivity contribution in [3.63, 3.8) is 0 Å². The summed E-state index contributed by atoms with van der Waals surface area (Å²) in [6, 6.07) is 11.5. The number of benzene rings is 1. The summed E-state index contributed by atoms with van der Waals surface area (Å²) in [6.07, 6.45) is 0. The molecule has 6 nitrogen and oxygen atoms in total. The number of hydrogen-bond acceptors (Lipinski definition) is 7. The maximum Gasteiger partial charge on any atom is 0.234 e. The van der Waals surface area contributed by atoms with E-state index >= 15 is 0 Å². The van der Waals surface area contributed by atoms with E-state index in [-0.39, 0.29) is 11.7 Å². The molecule has 0 fully saturated rings. The minimum Gasteiger partial charge on any atom is -0.325 e. The fourth-order valence-corrected chi connectivity index (χ4v) is 4.15. The van der Waals surface area contributed by atoms with Gasteiger partial charge in [0.1, 0.15) is 0 Å². The molecular formula is C20H21N5OS2. The van der Waals surface area contributed by atoms with E-state index in [2.05, 4.69) is 25.3 Å². The quantitative estimate of drug-likeness (QED) is 0.476. The van der Waals surface area contributed by atoms with Crippen molar-refractivity contribution in [2.24, 2.45) is 0 Å². The van der Waals surface area contributed by atoms with Crippen LogP contribution in [-0.4, -0.2) is 31.6 Å². The Labute approximate surface area is 173 Å². The molecule has 0 aliphatic rings. The number of nitrogens with one attached hydrogen (secondary N) is 1. The zero-order valence-corrected chi connectivity index (χ0v) is 17.8. The lowest BCUT2D eigenvalue weighted by Gasteiger charge is -2.07. The Bertz CT molecular complexity index is 952. The second kappa shape index (κ2) is 9.16. The third-order valence-electron chi connectivity index (χ3n) is 3.60. The van der Waals surface area contributed by atoms with Crippen LogP contribution >= 0.6 is 23.5 Å². The summed E-state index contributed by atoms with van der Waals surface area (Å²) in [5.74, 6) is 0.168. The van der Waals surface area contributed by atoms with Crippen LogP contribution in [0.5, 0.6) is 0 Å². The van der Waals surface area contributed by atoms with Crippen LogP contribution in [0.25, 0.3) is 0 Å². The highest BCUT2D eigenvalue weighted by molar-refractivity contribution is 7.99. The Hall–Kier alpha value is -2.45. The van der Waals surface area contributed by atoms with E-state index in [4.69, 9.17) is 0 Å². The third kappa shape index (κ3) is 6.03. The van der Waals surface area contributed by atoms with Gasteiger partial charge in [0, 0.05) is 33.4 Å². The minimum absolute atomic E-state index is 0.0918. The summed E-state index contributed by atoms with van der Waals surface area (Å²) in [7, 11) is 0. The molecule has 2 heterocycles. The molecule has 2 aromatic heterocycles. The molecule has 1 aromatic carbocycles. The van der Waals surface area contributed by atoms with Crippen molar-refractivity contribution < 1.29 is 4.79 Å². The number of anilines is 1. The molecule has 28 heavy (non-hydrogen) atoms. The highest BCUT2D eigenvalue weighted by Gasteiger charge is 2.08. The summed E-state index contributed by atoms with van der Waals surface area (Å²) >= 11 is 2.83. The molecule has 144 valence electrons. The molecular weight excluding hydrogens is 390 g/mol. The fraction of sp³-hybridized carbons (Fsp3) is 0.250. The van der Waals surface area contributed by atoms with E-state index in [9.17, 15) is 4.79 Å². The van der Waals surface area contributed by atoms with Crippen molar-refractivity contribution in [1.82, 2.24) is 19.9 Å². The molecule has 0 saturated carbocycles. The van der Waals surface area contributed by atoms with Gasteiger partial charge in [-0.3, -0.25) is 4.79 Å². The van der Waals surface area contributed by atoms with Crippen LogP contribution in [0, 0.1) is 27.7 Å². The van der Waals surface area contributed by atoms with Gasteiger partial charge in [-0.25, -0.2) is 19.9 Å². The molecule has 0 aliphatic carbocycles. The average Bonchev–Trinajstić information content (AvgIpc) is 2.60. The van der Waals surface area contributed by atoms with Crippen LogP contribution in [0.15, 0.2) is 51.6 Å². The first kappa shape index (κ1) is 20.3. The van der Waals surface area contributed by atoms with E-state index in [1.54, 1.807) is 0 Å². The number of thioether (sulfide) groups is 1. The Morgan fingerprint density at radius 2 is 1.32 bits per heavy atom. The van der Waals surface area contributed by atoms with Crippen LogP contribution < -0.4 is 5.32 Å². The highest BCUT2D eigenvalue weighted by Crippen LogP contribution is 2.26. The van der Waals surface area contributed by atoms with Crippen molar-refractivity contribution >= 4 is 35.1 Å². The zero-order valence-electron chi connectivity index (χ0n) is 16.2. The largest absolute Gasteiger partial charge is 0.325 e. The molecule has 1 amide bonds. The van der Waals surface area contributed by atoms with Gasteiger partial charge in [0.15, 0.2) is 10.3 Å². The lowest BCUT2D eigenvalue weighted by molar-refractivity contribution is -0.113. The number of amides is 1. The Kier molecular flexibility index (Phi) is 6.64. The molecule has 8 heteroatoms. The second-order valence-electron chi connectivity index (χ2n) is 6.33. The molecule has 0 atom stereocenters. The number of hydrogen-bond donors (Lipinski definition) is 1. The van der Waals surface area contributed by atoms with Gasteiger partial charge in [-0.2, -0.15) is 0 Å². The molecule has 0 aliphatic heterocycles. The van der Waals surface area contributed by atoms with Crippen LogP contribution in [0.3, 0.4) is 0 Å². The van der Waals surface area contributed by atoms with Gasteiger partial charge < -0.3 is 5.32 Å². The molecule has 0 radical (unpaired) electrons. The smallest absolute Gasteiger partial charge is 0.234 e. The van der Waals surface area contributed by atoms with E-state index in [0.29, 0.717) is 5.16 Å². The summed E-state index contributed by atoms with van der Waals surface area (Å²) in [6.45, 7) is 7.75. The maximum absolute atomic E-state index is 12.2. The van der Waals surface area contributed by atoms with Crippen LogP contribution in [0.2, 0.25) is 0 Å². The van der Waals surface area contributed by atoms with Gasteiger partial charge in [-0.05, 0) is 75.9 Å². The summed E-state index contributed by atoms with van der Waals surface area (Å²) in [5.41, 5.74) is 4.44. The summed E-state index contributed by atoms with van der Waals surface area (Å²) in [5, 5.41) is 4.23. The minimum atomic E-state index is -0.0918. The topological polar surface area (TPSA) is 80.7 Å². The standard InChI is InChI=1S/C20H21N5OS2/c1-12-9-13(2)22-19(21-12)27-11-18(26)25-16-5-7-17(8-6-16)28-20-23-14(3)10-15(4)24-20/h5-10H,11H2,1-4H3,(H,25,26). The molecule has 0 spiro atoms. The lowest BCUT2D eigenvalue weighted by atomic mass is 10.3. The predicted molar refractivity (Wildman–Crippen MR) is 113 cm³/mol. The lowest BCUT2D eigenvalue weighted by Crippen LogP contribution is -2.14. The van der Waals surface area contributed by atoms with Gasteiger partial charge in [0.25, 0.3) is 0 Å². The zero-order chi connectivity index (χ0) is 20.1. The molecule has 3 rings (SSSR count). The van der Waals surface area contributed by atoms with Gasteiger partial charge in [0.2, 0.25) is 5.91 Å². The second-order valence-corrected chi connectivity index (χ2v) is 8.31. The average molecular weight is 412 g/mol.